The minimum Gasteiger partial charge on any atom is -0.378 e. The van der Waals surface area contributed by atoms with Gasteiger partial charge in [0.1, 0.15) is 11.6 Å². The molecule has 3 heterocycles. The van der Waals surface area contributed by atoms with Gasteiger partial charge in [-0.15, -0.1) is 0 Å². The Bertz CT molecular complexity index is 1100. The van der Waals surface area contributed by atoms with Gasteiger partial charge in [-0.05, 0) is 48.2 Å². The molecule has 1 fully saturated rings. The molecule has 1 amide bonds. The fourth-order valence-electron chi connectivity index (χ4n) is 3.26. The standard InChI is InChI=1S/C23H23N5O2/c1-2-24-7-5-17-3-4-19-16-26-21(14-20(19)13-17)27-23(29)18-6-8-25-22(15-18)28-9-11-30-12-10-28/h2-8,13-16H,9-12H2,1H3,(H,26,27,29)/b7-5+,24-2?. The summed E-state index contributed by atoms with van der Waals surface area (Å²) in [5.41, 5.74) is 1.57. The first-order valence-corrected chi connectivity index (χ1v) is 9.87. The smallest absolute Gasteiger partial charge is 0.257 e. The molecule has 1 N–H and O–H groups in total. The highest BCUT2D eigenvalue weighted by molar-refractivity contribution is 6.05. The molecule has 152 valence electrons. The lowest BCUT2D eigenvalue weighted by molar-refractivity contribution is 0.102. The van der Waals surface area contributed by atoms with Gasteiger partial charge in [-0.1, -0.05) is 12.1 Å². The van der Waals surface area contributed by atoms with E-state index in [1.54, 1.807) is 36.9 Å². The number of carbonyl (C=O) groups excluding carboxylic acids is 1. The predicted molar refractivity (Wildman–Crippen MR) is 120 cm³/mol. The van der Waals surface area contributed by atoms with Crippen molar-refractivity contribution in [2.75, 3.05) is 36.5 Å². The van der Waals surface area contributed by atoms with Crippen molar-refractivity contribution in [3.8, 4) is 0 Å². The number of pyridine rings is 2. The summed E-state index contributed by atoms with van der Waals surface area (Å²) in [5, 5.41) is 4.88. The molecule has 0 saturated carbocycles. The zero-order chi connectivity index (χ0) is 20.8. The van der Waals surface area contributed by atoms with Crippen molar-refractivity contribution < 1.29 is 9.53 Å². The highest BCUT2D eigenvalue weighted by atomic mass is 16.5. The van der Waals surface area contributed by atoms with E-state index in [0.29, 0.717) is 24.6 Å². The van der Waals surface area contributed by atoms with Crippen molar-refractivity contribution in [2.24, 2.45) is 4.99 Å². The molecule has 30 heavy (non-hydrogen) atoms. The molecular formula is C23H23N5O2. The maximum Gasteiger partial charge on any atom is 0.257 e. The summed E-state index contributed by atoms with van der Waals surface area (Å²) in [7, 11) is 0. The minimum absolute atomic E-state index is 0.216. The molecule has 4 rings (SSSR count). The molecule has 0 atom stereocenters. The lowest BCUT2D eigenvalue weighted by atomic mass is 10.1. The number of nitrogens with one attached hydrogen (secondary N) is 1. The third-order valence-electron chi connectivity index (χ3n) is 4.83. The normalized spacial score (nSPS) is 14.6. The molecule has 1 aliphatic heterocycles. The SMILES string of the molecule is CC=N/C=C/c1ccc2cnc(NC(=O)c3ccnc(N4CCOCC4)c3)cc2c1. The molecule has 0 spiro atoms. The summed E-state index contributed by atoms with van der Waals surface area (Å²) in [6, 6.07) is 11.4. The number of fused-ring (bicyclic) bond motifs is 1. The molecule has 0 unspecified atom stereocenters. The number of carbonyl (C=O) groups is 1. The first kappa shape index (κ1) is 19.7. The summed E-state index contributed by atoms with van der Waals surface area (Å²) in [6.07, 6.45) is 8.83. The number of benzene rings is 1. The van der Waals surface area contributed by atoms with Crippen LogP contribution in [0.1, 0.15) is 22.8 Å². The van der Waals surface area contributed by atoms with Crippen LogP contribution in [0.5, 0.6) is 0 Å². The Balaban J connectivity index is 1.52. The van der Waals surface area contributed by atoms with Crippen molar-refractivity contribution in [1.82, 2.24) is 9.97 Å². The van der Waals surface area contributed by atoms with Crippen LogP contribution in [-0.2, 0) is 4.74 Å². The third-order valence-corrected chi connectivity index (χ3v) is 4.83. The average Bonchev–Trinajstić information content (AvgIpc) is 2.80. The molecule has 0 bridgehead atoms. The van der Waals surface area contributed by atoms with Crippen LogP contribution in [0.3, 0.4) is 0 Å². The predicted octanol–water partition coefficient (Wildman–Crippen LogP) is 3.78. The number of morpholine rings is 1. The Labute approximate surface area is 175 Å². The Morgan fingerprint density at radius 3 is 2.83 bits per heavy atom. The summed E-state index contributed by atoms with van der Waals surface area (Å²) < 4.78 is 5.38. The molecule has 0 aliphatic carbocycles. The average molecular weight is 401 g/mol. The van der Waals surface area contributed by atoms with Crippen LogP contribution in [-0.4, -0.2) is 48.4 Å². The molecule has 3 aromatic rings. The largest absolute Gasteiger partial charge is 0.378 e. The number of ether oxygens (including phenoxy) is 1. The van der Waals surface area contributed by atoms with E-state index in [1.807, 2.05) is 37.3 Å². The first-order valence-electron chi connectivity index (χ1n) is 9.87. The number of anilines is 2. The van der Waals surface area contributed by atoms with Gasteiger partial charge in [0.05, 0.1) is 13.2 Å². The van der Waals surface area contributed by atoms with Gasteiger partial charge in [-0.25, -0.2) is 9.97 Å². The summed E-state index contributed by atoms with van der Waals surface area (Å²) >= 11 is 0. The third kappa shape index (κ3) is 4.69. The quantitative estimate of drug-likeness (QED) is 0.658. The molecule has 7 nitrogen and oxygen atoms in total. The van der Waals surface area contributed by atoms with Crippen molar-refractivity contribution in [2.45, 2.75) is 6.92 Å². The van der Waals surface area contributed by atoms with E-state index >= 15 is 0 Å². The lowest BCUT2D eigenvalue weighted by Gasteiger charge is -2.27. The van der Waals surface area contributed by atoms with Gasteiger partial charge in [-0.2, -0.15) is 0 Å². The van der Waals surface area contributed by atoms with E-state index in [0.717, 1.165) is 35.2 Å². The van der Waals surface area contributed by atoms with Gasteiger partial charge < -0.3 is 15.0 Å². The fourth-order valence-corrected chi connectivity index (χ4v) is 3.26. The highest BCUT2D eigenvalue weighted by Gasteiger charge is 2.15. The maximum atomic E-state index is 12.8. The number of rotatable bonds is 5. The Morgan fingerprint density at radius 2 is 2.00 bits per heavy atom. The maximum absolute atomic E-state index is 12.8. The van der Waals surface area contributed by atoms with Crippen LogP contribution in [0.2, 0.25) is 0 Å². The zero-order valence-corrected chi connectivity index (χ0v) is 16.8. The molecular weight excluding hydrogens is 378 g/mol. The van der Waals surface area contributed by atoms with Crippen molar-refractivity contribution in [3.63, 3.8) is 0 Å². The minimum atomic E-state index is -0.216. The van der Waals surface area contributed by atoms with Gasteiger partial charge in [-0.3, -0.25) is 9.79 Å². The number of hydrogen-bond acceptors (Lipinski definition) is 6. The summed E-state index contributed by atoms with van der Waals surface area (Å²) in [6.45, 7) is 4.75. The Kier molecular flexibility index (Phi) is 6.10. The Morgan fingerprint density at radius 1 is 1.13 bits per heavy atom. The van der Waals surface area contributed by atoms with Crippen molar-refractivity contribution >= 4 is 40.6 Å². The van der Waals surface area contributed by atoms with Crippen LogP contribution < -0.4 is 10.2 Å². The van der Waals surface area contributed by atoms with Crippen LogP contribution in [0, 0.1) is 0 Å². The van der Waals surface area contributed by atoms with Crippen LogP contribution in [0.4, 0.5) is 11.6 Å². The lowest BCUT2D eigenvalue weighted by Crippen LogP contribution is -2.36. The van der Waals surface area contributed by atoms with E-state index in [9.17, 15) is 4.79 Å². The molecule has 1 aliphatic rings. The second kappa shape index (κ2) is 9.28. The number of amides is 1. The first-order chi connectivity index (χ1) is 14.7. The number of aliphatic imine (C=N–C) groups is 1. The molecule has 2 aromatic heterocycles. The monoisotopic (exact) mass is 401 g/mol. The number of hydrogen-bond donors (Lipinski definition) is 1. The van der Waals surface area contributed by atoms with Gasteiger partial charge in [0.2, 0.25) is 0 Å². The van der Waals surface area contributed by atoms with Gasteiger partial charge in [0.25, 0.3) is 5.91 Å². The summed E-state index contributed by atoms with van der Waals surface area (Å²) in [5.74, 6) is 1.07. The fraction of sp³-hybridized carbons (Fsp3) is 0.217. The second-order valence-electron chi connectivity index (χ2n) is 6.86. The highest BCUT2D eigenvalue weighted by Crippen LogP contribution is 2.20. The number of aromatic nitrogens is 2. The molecule has 0 radical (unpaired) electrons. The second-order valence-corrected chi connectivity index (χ2v) is 6.86. The van der Waals surface area contributed by atoms with Gasteiger partial charge in [0, 0.05) is 48.8 Å². The molecule has 1 aromatic carbocycles. The summed E-state index contributed by atoms with van der Waals surface area (Å²) in [4.78, 5) is 27.7. The zero-order valence-electron chi connectivity index (χ0n) is 16.8. The van der Waals surface area contributed by atoms with E-state index in [2.05, 4.69) is 25.2 Å². The van der Waals surface area contributed by atoms with E-state index < -0.39 is 0 Å². The van der Waals surface area contributed by atoms with Crippen LogP contribution in [0.15, 0.2) is 60.0 Å². The van der Waals surface area contributed by atoms with Crippen molar-refractivity contribution in [1.29, 1.82) is 0 Å². The van der Waals surface area contributed by atoms with Crippen LogP contribution >= 0.6 is 0 Å². The van der Waals surface area contributed by atoms with E-state index in [1.165, 1.54) is 0 Å². The molecule has 1 saturated heterocycles. The van der Waals surface area contributed by atoms with Gasteiger partial charge >= 0.3 is 0 Å². The topological polar surface area (TPSA) is 79.7 Å². The van der Waals surface area contributed by atoms with Gasteiger partial charge in [0.15, 0.2) is 0 Å². The molecule has 7 heteroatoms. The van der Waals surface area contributed by atoms with E-state index in [-0.39, 0.29) is 5.91 Å². The Hall–Kier alpha value is -3.58. The van der Waals surface area contributed by atoms with Crippen LogP contribution in [0.25, 0.3) is 16.8 Å². The van der Waals surface area contributed by atoms with E-state index in [4.69, 9.17) is 4.74 Å². The van der Waals surface area contributed by atoms with Crippen molar-refractivity contribution in [3.05, 3.63) is 66.1 Å². The number of nitrogens with zero attached hydrogens (tertiary/aromatic N) is 4.